The van der Waals surface area contributed by atoms with E-state index in [-0.39, 0.29) is 0 Å². The van der Waals surface area contributed by atoms with Crippen LogP contribution in [0.1, 0.15) is 37.3 Å². The maximum atomic E-state index is 2.31. The van der Waals surface area contributed by atoms with Gasteiger partial charge in [-0.15, -0.1) is 0 Å². The summed E-state index contributed by atoms with van der Waals surface area (Å²) in [7, 11) is 0. The fourth-order valence-electron chi connectivity index (χ4n) is 3.22. The highest BCUT2D eigenvalue weighted by molar-refractivity contribution is 5.93. The Morgan fingerprint density at radius 1 is 0.842 bits per heavy atom. The van der Waals surface area contributed by atoms with Crippen LogP contribution in [0.3, 0.4) is 0 Å². The van der Waals surface area contributed by atoms with Gasteiger partial charge in [-0.3, -0.25) is 0 Å². The largest absolute Gasteiger partial charge is 0.0648 e. The van der Waals surface area contributed by atoms with Crippen LogP contribution >= 0.6 is 0 Å². The van der Waals surface area contributed by atoms with Crippen LogP contribution in [-0.2, 0) is 0 Å². The van der Waals surface area contributed by atoms with Crippen LogP contribution in [0.15, 0.2) is 60.7 Å². The minimum Gasteiger partial charge on any atom is -0.0648 e. The molecule has 0 saturated heterocycles. The summed E-state index contributed by atoms with van der Waals surface area (Å²) in [5.41, 5.74) is 5.94. The van der Waals surface area contributed by atoms with Gasteiger partial charge in [0.25, 0.3) is 0 Å². The second-order valence-electron chi connectivity index (χ2n) is 5.27. The number of allylic oxidation sites excluding steroid dienone is 2. The predicted octanol–water partition coefficient (Wildman–Crippen LogP) is 5.42. The Morgan fingerprint density at radius 2 is 1.42 bits per heavy atom. The van der Waals surface area contributed by atoms with Gasteiger partial charge >= 0.3 is 0 Å². The molecule has 0 N–H and O–H groups in total. The van der Waals surface area contributed by atoms with Gasteiger partial charge in [-0.1, -0.05) is 67.6 Å². The minimum atomic E-state index is 0.720. The van der Waals surface area contributed by atoms with Crippen molar-refractivity contribution in [3.8, 4) is 0 Å². The van der Waals surface area contributed by atoms with E-state index >= 15 is 0 Å². The molecular formula is C19H20. The second-order valence-corrected chi connectivity index (χ2v) is 5.27. The molecule has 0 fully saturated rings. The van der Waals surface area contributed by atoms with Crippen molar-refractivity contribution < 1.29 is 0 Å². The lowest BCUT2D eigenvalue weighted by atomic mass is 9.90. The Hall–Kier alpha value is -1.82. The first-order chi connectivity index (χ1) is 9.40. The molecule has 0 amide bonds. The molecule has 19 heavy (non-hydrogen) atoms. The van der Waals surface area contributed by atoms with Crippen molar-refractivity contribution in [2.24, 2.45) is 5.92 Å². The summed E-state index contributed by atoms with van der Waals surface area (Å²) in [6.45, 7) is 2.31. The van der Waals surface area contributed by atoms with Crippen LogP contribution in [0.25, 0.3) is 11.1 Å². The van der Waals surface area contributed by atoms with Crippen LogP contribution in [0.4, 0.5) is 0 Å². The molecule has 2 aromatic rings. The summed E-state index contributed by atoms with van der Waals surface area (Å²) in [4.78, 5) is 0. The quantitative estimate of drug-likeness (QED) is 0.680. The summed E-state index contributed by atoms with van der Waals surface area (Å²) >= 11 is 0. The molecule has 1 aliphatic carbocycles. The monoisotopic (exact) mass is 248 g/mol. The van der Waals surface area contributed by atoms with Gasteiger partial charge in [0.15, 0.2) is 0 Å². The van der Waals surface area contributed by atoms with Gasteiger partial charge in [0, 0.05) is 0 Å². The van der Waals surface area contributed by atoms with E-state index in [1.165, 1.54) is 30.4 Å². The molecule has 0 nitrogen and oxygen atoms in total. The summed E-state index contributed by atoms with van der Waals surface area (Å²) in [6.07, 6.45) is 3.75. The third kappa shape index (κ3) is 2.35. The number of hydrogen-bond donors (Lipinski definition) is 0. The van der Waals surface area contributed by atoms with Crippen molar-refractivity contribution in [2.75, 3.05) is 0 Å². The van der Waals surface area contributed by atoms with Crippen LogP contribution in [0, 0.1) is 5.92 Å². The normalized spacial score (nSPS) is 18.9. The van der Waals surface area contributed by atoms with Crippen LogP contribution < -0.4 is 0 Å². The lowest BCUT2D eigenvalue weighted by molar-refractivity contribution is 0.626. The number of benzene rings is 2. The predicted molar refractivity (Wildman–Crippen MR) is 82.7 cm³/mol. The fraction of sp³-hybridized carbons (Fsp3) is 0.263. The highest BCUT2D eigenvalue weighted by atomic mass is 14.3. The van der Waals surface area contributed by atoms with Gasteiger partial charge in [0.2, 0.25) is 0 Å². The van der Waals surface area contributed by atoms with Crippen molar-refractivity contribution in [1.29, 1.82) is 0 Å². The first kappa shape index (κ1) is 12.2. The van der Waals surface area contributed by atoms with E-state index in [9.17, 15) is 0 Å². The lowest BCUT2D eigenvalue weighted by Crippen LogP contribution is -1.97. The average Bonchev–Trinajstić information content (AvgIpc) is 2.93. The Labute approximate surface area is 115 Å². The van der Waals surface area contributed by atoms with Crippen molar-refractivity contribution in [3.05, 3.63) is 71.8 Å². The maximum Gasteiger partial charge on any atom is -0.0153 e. The van der Waals surface area contributed by atoms with Gasteiger partial charge in [-0.05, 0) is 47.5 Å². The van der Waals surface area contributed by atoms with E-state index < -0.39 is 0 Å². The molecule has 0 bridgehead atoms. The Bertz CT molecular complexity index is 564. The third-order valence-corrected chi connectivity index (χ3v) is 4.18. The molecule has 0 heterocycles. The van der Waals surface area contributed by atoms with E-state index in [4.69, 9.17) is 0 Å². The SMILES string of the molecule is CCC1CCC(c2ccccc2)=C1c1ccccc1. The smallest absolute Gasteiger partial charge is 0.0153 e. The molecule has 1 aliphatic rings. The van der Waals surface area contributed by atoms with E-state index in [0.29, 0.717) is 0 Å². The third-order valence-electron chi connectivity index (χ3n) is 4.18. The lowest BCUT2D eigenvalue weighted by Gasteiger charge is -2.14. The molecule has 2 aromatic carbocycles. The molecule has 3 rings (SSSR count). The molecule has 96 valence electrons. The first-order valence-corrected chi connectivity index (χ1v) is 7.24. The van der Waals surface area contributed by atoms with E-state index in [0.717, 1.165) is 5.92 Å². The van der Waals surface area contributed by atoms with Crippen LogP contribution in [-0.4, -0.2) is 0 Å². The summed E-state index contributed by atoms with van der Waals surface area (Å²) in [5.74, 6) is 0.720. The molecule has 1 atom stereocenters. The van der Waals surface area contributed by atoms with Gasteiger partial charge in [-0.25, -0.2) is 0 Å². The minimum absolute atomic E-state index is 0.720. The fourth-order valence-corrected chi connectivity index (χ4v) is 3.22. The van der Waals surface area contributed by atoms with E-state index in [1.807, 2.05) is 0 Å². The number of rotatable bonds is 3. The van der Waals surface area contributed by atoms with Gasteiger partial charge in [-0.2, -0.15) is 0 Å². The maximum absolute atomic E-state index is 2.31. The van der Waals surface area contributed by atoms with Gasteiger partial charge in [0.1, 0.15) is 0 Å². The summed E-state index contributed by atoms with van der Waals surface area (Å²) in [6, 6.07) is 21.8. The molecule has 0 saturated carbocycles. The molecule has 0 spiro atoms. The van der Waals surface area contributed by atoms with E-state index in [1.54, 1.807) is 11.1 Å². The zero-order valence-corrected chi connectivity index (χ0v) is 11.5. The number of hydrogen-bond acceptors (Lipinski definition) is 0. The summed E-state index contributed by atoms with van der Waals surface area (Å²) < 4.78 is 0. The first-order valence-electron chi connectivity index (χ1n) is 7.24. The standard InChI is InChI=1S/C19H20/c1-2-15-13-14-18(16-9-5-3-6-10-16)19(15)17-11-7-4-8-12-17/h3-12,15H,2,13-14H2,1H3. The Morgan fingerprint density at radius 3 is 2.00 bits per heavy atom. The van der Waals surface area contributed by atoms with Gasteiger partial charge < -0.3 is 0 Å². The molecule has 0 aliphatic heterocycles. The summed E-state index contributed by atoms with van der Waals surface area (Å²) in [5, 5.41) is 0. The van der Waals surface area contributed by atoms with Gasteiger partial charge in [0.05, 0.1) is 0 Å². The molecule has 0 radical (unpaired) electrons. The average molecular weight is 248 g/mol. The highest BCUT2D eigenvalue weighted by Crippen LogP contribution is 2.44. The molecule has 0 heteroatoms. The topological polar surface area (TPSA) is 0 Å². The van der Waals surface area contributed by atoms with Crippen LogP contribution in [0.5, 0.6) is 0 Å². The molecular weight excluding hydrogens is 228 g/mol. The highest BCUT2D eigenvalue weighted by Gasteiger charge is 2.25. The second kappa shape index (κ2) is 5.44. The van der Waals surface area contributed by atoms with Crippen molar-refractivity contribution in [2.45, 2.75) is 26.2 Å². The van der Waals surface area contributed by atoms with Crippen molar-refractivity contribution in [1.82, 2.24) is 0 Å². The molecule has 0 aromatic heterocycles. The van der Waals surface area contributed by atoms with Crippen molar-refractivity contribution >= 4 is 11.1 Å². The Kier molecular flexibility index (Phi) is 3.50. The Balaban J connectivity index is 2.12. The molecule has 1 unspecified atom stereocenters. The van der Waals surface area contributed by atoms with Crippen molar-refractivity contribution in [3.63, 3.8) is 0 Å². The zero-order valence-electron chi connectivity index (χ0n) is 11.5. The van der Waals surface area contributed by atoms with Crippen LogP contribution in [0.2, 0.25) is 0 Å². The van der Waals surface area contributed by atoms with E-state index in [2.05, 4.69) is 67.6 Å². The zero-order chi connectivity index (χ0) is 13.1.